The van der Waals surface area contributed by atoms with Crippen LogP contribution in [0.5, 0.6) is 5.75 Å². The second-order valence-corrected chi connectivity index (χ2v) is 7.07. The van der Waals surface area contributed by atoms with Gasteiger partial charge in [-0.05, 0) is 43.5 Å². The van der Waals surface area contributed by atoms with Gasteiger partial charge in [-0.2, -0.15) is 0 Å². The average Bonchev–Trinajstić information content (AvgIpc) is 2.79. The number of rotatable bonds is 14. The zero-order chi connectivity index (χ0) is 22.5. The molecular weight excluding hydrogens is 400 g/mol. The first-order chi connectivity index (χ1) is 15.1. The van der Waals surface area contributed by atoms with E-state index in [2.05, 4.69) is 0 Å². The molecule has 31 heavy (non-hydrogen) atoms. The van der Waals surface area contributed by atoms with Crippen molar-refractivity contribution in [3.8, 4) is 5.75 Å². The maximum atomic E-state index is 12.8. The van der Waals surface area contributed by atoms with E-state index in [9.17, 15) is 19.7 Å². The molecule has 2 rings (SSSR count). The zero-order valence-electron chi connectivity index (χ0n) is 17.4. The highest BCUT2D eigenvalue weighted by molar-refractivity contribution is 5.93. The van der Waals surface area contributed by atoms with Gasteiger partial charge in [-0.25, -0.2) is 0 Å². The van der Waals surface area contributed by atoms with E-state index in [1.54, 1.807) is 4.90 Å². The van der Waals surface area contributed by atoms with Crippen molar-refractivity contribution in [3.63, 3.8) is 0 Å². The second kappa shape index (κ2) is 13.1. The number of carbonyl (C=O) groups excluding carboxylic acids is 2. The van der Waals surface area contributed by atoms with Crippen LogP contribution in [0.1, 0.15) is 48.9 Å². The first-order valence-corrected chi connectivity index (χ1v) is 10.4. The maximum Gasteiger partial charge on any atom is 0.280 e. The third-order valence-corrected chi connectivity index (χ3v) is 4.79. The Balaban J connectivity index is 1.87. The zero-order valence-corrected chi connectivity index (χ0v) is 17.4. The van der Waals surface area contributed by atoms with Crippen LogP contribution in [0.4, 0.5) is 11.4 Å². The van der Waals surface area contributed by atoms with Crippen LogP contribution in [0.15, 0.2) is 48.5 Å². The molecule has 2 aromatic rings. The molecule has 0 unspecified atom stereocenters. The van der Waals surface area contributed by atoms with E-state index in [1.807, 2.05) is 30.3 Å². The molecule has 8 nitrogen and oxygen atoms in total. The van der Waals surface area contributed by atoms with E-state index in [-0.39, 0.29) is 30.4 Å². The topological polar surface area (TPSA) is 110 Å². The number of para-hydroxylation sites is 1. The van der Waals surface area contributed by atoms with Gasteiger partial charge in [0.25, 0.3) is 5.69 Å². The summed E-state index contributed by atoms with van der Waals surface area (Å²) in [6, 6.07) is 13.5. The average molecular weight is 428 g/mol. The molecule has 0 aromatic heterocycles. The molecule has 0 aliphatic rings. The molecule has 1 amide bonds. The predicted octanol–water partition coefficient (Wildman–Crippen LogP) is 4.15. The summed E-state index contributed by atoms with van der Waals surface area (Å²) in [5.74, 6) is 0.346. The lowest BCUT2D eigenvalue weighted by Gasteiger charge is -2.23. The number of ether oxygens (including phenoxy) is 1. The highest BCUT2D eigenvalue weighted by Gasteiger charge is 2.16. The van der Waals surface area contributed by atoms with E-state index in [0.29, 0.717) is 31.4 Å². The van der Waals surface area contributed by atoms with Crippen molar-refractivity contribution in [2.75, 3.05) is 24.7 Å². The molecular formula is C23H28N2O6. The van der Waals surface area contributed by atoms with Crippen LogP contribution in [-0.2, 0) is 4.79 Å². The Morgan fingerprint density at radius 1 is 1.06 bits per heavy atom. The van der Waals surface area contributed by atoms with Crippen molar-refractivity contribution in [1.82, 2.24) is 0 Å². The van der Waals surface area contributed by atoms with Crippen molar-refractivity contribution in [2.24, 2.45) is 0 Å². The first-order valence-electron chi connectivity index (χ1n) is 10.4. The fourth-order valence-corrected chi connectivity index (χ4v) is 3.17. The Morgan fingerprint density at radius 2 is 1.81 bits per heavy atom. The monoisotopic (exact) mass is 428 g/mol. The molecule has 0 aliphatic carbocycles. The Bertz CT molecular complexity index is 856. The van der Waals surface area contributed by atoms with E-state index in [4.69, 9.17) is 9.84 Å². The quantitative estimate of drug-likeness (QED) is 0.209. The third-order valence-electron chi connectivity index (χ3n) is 4.79. The van der Waals surface area contributed by atoms with Crippen LogP contribution in [0, 0.1) is 10.1 Å². The molecule has 0 saturated heterocycles. The molecule has 166 valence electrons. The summed E-state index contributed by atoms with van der Waals surface area (Å²) < 4.78 is 5.57. The van der Waals surface area contributed by atoms with E-state index in [0.717, 1.165) is 31.4 Å². The molecule has 0 saturated carbocycles. The van der Waals surface area contributed by atoms with Gasteiger partial charge >= 0.3 is 0 Å². The number of aliphatic hydroxyl groups is 1. The van der Waals surface area contributed by atoms with Crippen molar-refractivity contribution < 1.29 is 24.4 Å². The minimum absolute atomic E-state index is 0.00533. The number of unbranched alkanes of at least 4 members (excludes halogenated alkanes) is 3. The SMILES string of the molecule is O=Cc1cc(OCCCC(=O)N(CCCCCCO)c2ccccc2)ccc1[N+](=O)[O-]. The van der Waals surface area contributed by atoms with Gasteiger partial charge in [0.05, 0.1) is 17.1 Å². The largest absolute Gasteiger partial charge is 0.494 e. The number of nitro groups is 1. The second-order valence-electron chi connectivity index (χ2n) is 7.07. The Labute approximate surface area is 181 Å². The van der Waals surface area contributed by atoms with Crippen LogP contribution < -0.4 is 9.64 Å². The number of hydrogen-bond donors (Lipinski definition) is 1. The normalized spacial score (nSPS) is 10.5. The number of nitrogens with zero attached hydrogens (tertiary/aromatic N) is 2. The summed E-state index contributed by atoms with van der Waals surface area (Å²) in [7, 11) is 0. The highest BCUT2D eigenvalue weighted by Crippen LogP contribution is 2.23. The lowest BCUT2D eigenvalue weighted by atomic mass is 10.1. The summed E-state index contributed by atoms with van der Waals surface area (Å²) in [5, 5.41) is 19.8. The molecule has 1 N–H and O–H groups in total. The van der Waals surface area contributed by atoms with Crippen LogP contribution in [-0.4, -0.2) is 42.0 Å². The Kier molecular flexibility index (Phi) is 10.2. The van der Waals surface area contributed by atoms with Gasteiger partial charge in [-0.3, -0.25) is 19.7 Å². The van der Waals surface area contributed by atoms with Crippen LogP contribution >= 0.6 is 0 Å². The fraction of sp³-hybridized carbons (Fsp3) is 0.391. The Hall–Kier alpha value is -3.26. The minimum Gasteiger partial charge on any atom is -0.494 e. The van der Waals surface area contributed by atoms with Crippen LogP contribution in [0.3, 0.4) is 0 Å². The fourth-order valence-electron chi connectivity index (χ4n) is 3.17. The molecule has 0 fully saturated rings. The lowest BCUT2D eigenvalue weighted by molar-refractivity contribution is -0.385. The standard InChI is InChI=1S/C23H28N2O6/c26-15-7-2-1-6-14-24(20-9-4-3-5-10-20)23(28)11-8-16-31-21-12-13-22(25(29)30)19(17-21)18-27/h3-5,9-10,12-13,17-18,26H,1-2,6-8,11,14-16H2. The molecule has 2 aromatic carbocycles. The van der Waals surface area contributed by atoms with Crippen molar-refractivity contribution in [1.29, 1.82) is 0 Å². The van der Waals surface area contributed by atoms with Gasteiger partial charge in [-0.15, -0.1) is 0 Å². The number of aldehydes is 1. The molecule has 0 radical (unpaired) electrons. The van der Waals surface area contributed by atoms with Gasteiger partial charge in [0.15, 0.2) is 6.29 Å². The summed E-state index contributed by atoms with van der Waals surface area (Å²) in [4.78, 5) is 35.9. The summed E-state index contributed by atoms with van der Waals surface area (Å²) in [5.41, 5.74) is 0.534. The van der Waals surface area contributed by atoms with E-state index < -0.39 is 4.92 Å². The van der Waals surface area contributed by atoms with Gasteiger partial charge in [0.2, 0.25) is 5.91 Å². The summed E-state index contributed by atoms with van der Waals surface area (Å²) in [6.45, 7) is 1.05. The molecule has 0 aliphatic heterocycles. The van der Waals surface area contributed by atoms with Crippen molar-refractivity contribution >= 4 is 23.6 Å². The minimum atomic E-state index is -0.617. The molecule has 0 spiro atoms. The van der Waals surface area contributed by atoms with E-state index in [1.165, 1.54) is 18.2 Å². The van der Waals surface area contributed by atoms with Crippen molar-refractivity contribution in [3.05, 3.63) is 64.2 Å². The number of nitro benzene ring substituents is 1. The maximum absolute atomic E-state index is 12.8. The van der Waals surface area contributed by atoms with Crippen molar-refractivity contribution in [2.45, 2.75) is 38.5 Å². The number of aliphatic hydroxyl groups excluding tert-OH is 1. The first kappa shape index (κ1) is 24.0. The van der Waals surface area contributed by atoms with Crippen LogP contribution in [0.2, 0.25) is 0 Å². The Morgan fingerprint density at radius 3 is 2.48 bits per heavy atom. The number of benzene rings is 2. The van der Waals surface area contributed by atoms with Gasteiger partial charge in [-0.1, -0.05) is 31.0 Å². The summed E-state index contributed by atoms with van der Waals surface area (Å²) >= 11 is 0. The van der Waals surface area contributed by atoms with Gasteiger partial charge in [0.1, 0.15) is 5.75 Å². The molecule has 0 atom stereocenters. The molecule has 8 heteroatoms. The third kappa shape index (κ3) is 7.82. The number of amides is 1. The smallest absolute Gasteiger partial charge is 0.280 e. The summed E-state index contributed by atoms with van der Waals surface area (Å²) in [6.07, 6.45) is 4.68. The number of anilines is 1. The number of hydrogen-bond acceptors (Lipinski definition) is 6. The lowest BCUT2D eigenvalue weighted by Crippen LogP contribution is -2.32. The molecule has 0 heterocycles. The highest BCUT2D eigenvalue weighted by atomic mass is 16.6. The van der Waals surface area contributed by atoms with Crippen LogP contribution in [0.25, 0.3) is 0 Å². The molecule has 0 bridgehead atoms. The predicted molar refractivity (Wildman–Crippen MR) is 118 cm³/mol. The van der Waals surface area contributed by atoms with Gasteiger partial charge < -0.3 is 14.7 Å². The number of carbonyl (C=O) groups is 2. The van der Waals surface area contributed by atoms with E-state index >= 15 is 0 Å². The van der Waals surface area contributed by atoms with Gasteiger partial charge in [0, 0.05) is 31.3 Å².